The summed E-state index contributed by atoms with van der Waals surface area (Å²) in [5, 5.41) is 0. The van der Waals surface area contributed by atoms with Gasteiger partial charge >= 0.3 is 0 Å². The van der Waals surface area contributed by atoms with Crippen LogP contribution in [0.4, 0.5) is 5.95 Å². The third-order valence-electron chi connectivity index (χ3n) is 4.31. The summed E-state index contributed by atoms with van der Waals surface area (Å²) in [5.74, 6) is 1.71. The number of hydrogen-bond acceptors (Lipinski definition) is 4. The Morgan fingerprint density at radius 1 is 1.05 bits per heavy atom. The average molecular weight is 268 g/mol. The summed E-state index contributed by atoms with van der Waals surface area (Å²) in [6.07, 6.45) is 4.73. The fraction of sp³-hybridized carbons (Fsp3) is 0.400. The quantitative estimate of drug-likeness (QED) is 0.781. The second-order valence-electron chi connectivity index (χ2n) is 5.65. The van der Waals surface area contributed by atoms with Crippen molar-refractivity contribution in [3.63, 3.8) is 0 Å². The van der Waals surface area contributed by atoms with E-state index in [1.807, 2.05) is 16.7 Å². The standard InChI is InChI=1S/C15H16N4O/c20-14-4-1-3-13-12-7-11(9-19(13)14)8-18(10-12)15-16-5-2-6-17-15/h1-6,11-12H,7-10H2/t11-,12-/m0/s1. The number of pyridine rings is 1. The molecule has 1 fully saturated rings. The highest BCUT2D eigenvalue weighted by atomic mass is 16.1. The van der Waals surface area contributed by atoms with Crippen molar-refractivity contribution in [3.05, 3.63) is 52.7 Å². The molecule has 20 heavy (non-hydrogen) atoms. The van der Waals surface area contributed by atoms with Crippen LogP contribution in [-0.4, -0.2) is 27.6 Å². The molecule has 0 unspecified atom stereocenters. The first-order valence-electron chi connectivity index (χ1n) is 7.03. The number of rotatable bonds is 1. The fourth-order valence-electron chi connectivity index (χ4n) is 3.51. The maximum Gasteiger partial charge on any atom is 0.250 e. The van der Waals surface area contributed by atoms with Gasteiger partial charge in [-0.1, -0.05) is 6.07 Å². The third-order valence-corrected chi connectivity index (χ3v) is 4.31. The van der Waals surface area contributed by atoms with Crippen LogP contribution in [0.5, 0.6) is 0 Å². The van der Waals surface area contributed by atoms with Gasteiger partial charge < -0.3 is 9.47 Å². The van der Waals surface area contributed by atoms with Crippen LogP contribution in [0.25, 0.3) is 0 Å². The van der Waals surface area contributed by atoms with E-state index in [1.54, 1.807) is 18.5 Å². The van der Waals surface area contributed by atoms with Gasteiger partial charge in [0.15, 0.2) is 0 Å². The lowest BCUT2D eigenvalue weighted by Gasteiger charge is -2.42. The van der Waals surface area contributed by atoms with Crippen LogP contribution in [0, 0.1) is 5.92 Å². The molecule has 0 spiro atoms. The lowest BCUT2D eigenvalue weighted by Crippen LogP contribution is -2.47. The van der Waals surface area contributed by atoms with Gasteiger partial charge in [-0.25, -0.2) is 9.97 Å². The molecule has 4 heterocycles. The molecule has 2 bridgehead atoms. The SMILES string of the molecule is O=c1cccc2n1C[C@H]1C[C@H]2CN(c2ncccn2)C1. The lowest BCUT2D eigenvalue weighted by atomic mass is 9.83. The molecule has 0 N–H and O–H groups in total. The molecule has 0 saturated carbocycles. The molecule has 2 atom stereocenters. The molecule has 2 aliphatic heterocycles. The molecule has 2 aromatic heterocycles. The van der Waals surface area contributed by atoms with Crippen LogP contribution in [0.1, 0.15) is 18.0 Å². The monoisotopic (exact) mass is 268 g/mol. The zero-order valence-electron chi connectivity index (χ0n) is 11.1. The Bertz CT molecular complexity index is 682. The summed E-state index contributed by atoms with van der Waals surface area (Å²) in [4.78, 5) is 22.9. The van der Waals surface area contributed by atoms with E-state index in [9.17, 15) is 4.79 Å². The van der Waals surface area contributed by atoms with Gasteiger partial charge in [0.2, 0.25) is 5.95 Å². The molecule has 2 aromatic rings. The van der Waals surface area contributed by atoms with E-state index in [0.29, 0.717) is 11.8 Å². The second-order valence-corrected chi connectivity index (χ2v) is 5.65. The molecule has 0 aliphatic carbocycles. The van der Waals surface area contributed by atoms with Crippen molar-refractivity contribution in [2.24, 2.45) is 5.92 Å². The molecule has 2 aliphatic rings. The Balaban J connectivity index is 1.70. The third kappa shape index (κ3) is 1.81. The Hall–Kier alpha value is -2.17. The van der Waals surface area contributed by atoms with Crippen LogP contribution >= 0.6 is 0 Å². The van der Waals surface area contributed by atoms with E-state index in [4.69, 9.17) is 0 Å². The maximum atomic E-state index is 12.0. The molecular formula is C15H16N4O. The number of piperidine rings is 1. The number of anilines is 1. The van der Waals surface area contributed by atoms with E-state index in [-0.39, 0.29) is 5.56 Å². The minimum atomic E-state index is 0.126. The predicted molar refractivity (Wildman–Crippen MR) is 75.8 cm³/mol. The molecule has 0 amide bonds. The summed E-state index contributed by atoms with van der Waals surface area (Å²) in [6, 6.07) is 7.44. The van der Waals surface area contributed by atoms with Crippen molar-refractivity contribution >= 4 is 5.95 Å². The van der Waals surface area contributed by atoms with Crippen molar-refractivity contribution in [3.8, 4) is 0 Å². The van der Waals surface area contributed by atoms with Crippen LogP contribution in [-0.2, 0) is 6.54 Å². The van der Waals surface area contributed by atoms with Crippen LogP contribution in [0.15, 0.2) is 41.5 Å². The Morgan fingerprint density at radius 3 is 2.75 bits per heavy atom. The first-order valence-corrected chi connectivity index (χ1v) is 7.03. The molecule has 5 nitrogen and oxygen atoms in total. The molecule has 0 aromatic carbocycles. The van der Waals surface area contributed by atoms with Crippen molar-refractivity contribution < 1.29 is 0 Å². The zero-order chi connectivity index (χ0) is 13.5. The summed E-state index contributed by atoms with van der Waals surface area (Å²) in [5.41, 5.74) is 1.29. The largest absolute Gasteiger partial charge is 0.340 e. The topological polar surface area (TPSA) is 51.0 Å². The van der Waals surface area contributed by atoms with Crippen molar-refractivity contribution in [2.45, 2.75) is 18.9 Å². The lowest BCUT2D eigenvalue weighted by molar-refractivity contribution is 0.279. The van der Waals surface area contributed by atoms with E-state index < -0.39 is 0 Å². The molecular weight excluding hydrogens is 252 g/mol. The van der Waals surface area contributed by atoms with Gasteiger partial charge in [0.25, 0.3) is 5.56 Å². The van der Waals surface area contributed by atoms with E-state index in [1.165, 1.54) is 0 Å². The van der Waals surface area contributed by atoms with Crippen LogP contribution in [0.2, 0.25) is 0 Å². The van der Waals surface area contributed by atoms with Gasteiger partial charge in [0.1, 0.15) is 0 Å². The number of hydrogen-bond donors (Lipinski definition) is 0. The number of nitrogens with zero attached hydrogens (tertiary/aromatic N) is 4. The van der Waals surface area contributed by atoms with Gasteiger partial charge in [-0.15, -0.1) is 0 Å². The highest BCUT2D eigenvalue weighted by Crippen LogP contribution is 2.35. The summed E-state index contributed by atoms with van der Waals surface area (Å²) in [6.45, 7) is 2.64. The normalized spacial score (nSPS) is 24.3. The number of fused-ring (bicyclic) bond motifs is 4. The Kier molecular flexibility index (Phi) is 2.58. The summed E-state index contributed by atoms with van der Waals surface area (Å²) in [7, 11) is 0. The van der Waals surface area contributed by atoms with Gasteiger partial charge in [-0.05, 0) is 24.5 Å². The first kappa shape index (κ1) is 11.6. The van der Waals surface area contributed by atoms with Crippen LogP contribution in [0.3, 0.4) is 0 Å². The summed E-state index contributed by atoms with van der Waals surface area (Å²) < 4.78 is 1.95. The van der Waals surface area contributed by atoms with Gasteiger partial charge in [0.05, 0.1) is 0 Å². The van der Waals surface area contributed by atoms with Gasteiger partial charge in [-0.2, -0.15) is 0 Å². The van der Waals surface area contributed by atoms with E-state index >= 15 is 0 Å². The fourth-order valence-corrected chi connectivity index (χ4v) is 3.51. The average Bonchev–Trinajstić information content (AvgIpc) is 2.49. The highest BCUT2D eigenvalue weighted by molar-refractivity contribution is 5.33. The van der Waals surface area contributed by atoms with Gasteiger partial charge in [-0.3, -0.25) is 4.79 Å². The smallest absolute Gasteiger partial charge is 0.250 e. The van der Waals surface area contributed by atoms with Gasteiger partial charge in [0, 0.05) is 49.7 Å². The Labute approximate surface area is 116 Å². The minimum absolute atomic E-state index is 0.126. The zero-order valence-corrected chi connectivity index (χ0v) is 11.1. The molecule has 0 radical (unpaired) electrons. The number of aromatic nitrogens is 3. The maximum absolute atomic E-state index is 12.0. The molecule has 5 heteroatoms. The molecule has 4 rings (SSSR count). The predicted octanol–water partition coefficient (Wildman–Crippen LogP) is 1.26. The summed E-state index contributed by atoms with van der Waals surface area (Å²) >= 11 is 0. The van der Waals surface area contributed by atoms with Crippen molar-refractivity contribution in [1.82, 2.24) is 14.5 Å². The molecule has 1 saturated heterocycles. The molecule has 102 valence electrons. The minimum Gasteiger partial charge on any atom is -0.340 e. The highest BCUT2D eigenvalue weighted by Gasteiger charge is 2.35. The van der Waals surface area contributed by atoms with E-state index in [0.717, 1.165) is 37.7 Å². The van der Waals surface area contributed by atoms with E-state index in [2.05, 4.69) is 20.9 Å². The van der Waals surface area contributed by atoms with Crippen LogP contribution < -0.4 is 10.5 Å². The van der Waals surface area contributed by atoms with Crippen molar-refractivity contribution in [1.29, 1.82) is 0 Å². The van der Waals surface area contributed by atoms with Crippen molar-refractivity contribution in [2.75, 3.05) is 18.0 Å². The Morgan fingerprint density at radius 2 is 1.90 bits per heavy atom. The second kappa shape index (κ2) is 4.44. The first-order chi connectivity index (χ1) is 9.81.